The van der Waals surface area contributed by atoms with Crippen LogP contribution < -0.4 is 5.32 Å². The van der Waals surface area contributed by atoms with Crippen molar-refractivity contribution in [2.24, 2.45) is 5.92 Å². The molecule has 2 saturated heterocycles. The average Bonchev–Trinajstić information content (AvgIpc) is 2.95. The number of nitrogens with one attached hydrogen (secondary N) is 1. The molecule has 0 aromatic heterocycles. The molecule has 27 heavy (non-hydrogen) atoms. The Bertz CT molecular complexity index is 500. The Morgan fingerprint density at radius 2 is 1.85 bits per heavy atom. The van der Waals surface area contributed by atoms with Crippen LogP contribution in [0.4, 0.5) is 8.78 Å². The minimum absolute atomic E-state index is 0.0935. The lowest BCUT2D eigenvalue weighted by Gasteiger charge is -2.40. The van der Waals surface area contributed by atoms with Crippen LogP contribution in [-0.4, -0.2) is 72.1 Å². The predicted octanol–water partition coefficient (Wildman–Crippen LogP) is 1.90. The van der Waals surface area contributed by atoms with Crippen LogP contribution in [0.1, 0.15) is 52.4 Å². The molecule has 0 aromatic carbocycles. The first kappa shape index (κ1) is 20.9. The maximum atomic E-state index is 13.3. The summed E-state index contributed by atoms with van der Waals surface area (Å²) in [4.78, 5) is 13.6. The lowest BCUT2D eigenvalue weighted by Crippen LogP contribution is -2.60. The van der Waals surface area contributed by atoms with Crippen molar-refractivity contribution >= 4 is 5.91 Å². The van der Waals surface area contributed by atoms with Gasteiger partial charge in [0.15, 0.2) is 0 Å². The topological polar surface area (TPSA) is 71.0 Å². The highest BCUT2D eigenvalue weighted by Gasteiger charge is 2.40. The van der Waals surface area contributed by atoms with E-state index in [0.29, 0.717) is 32.5 Å². The summed E-state index contributed by atoms with van der Waals surface area (Å²) in [7, 11) is 0. The summed E-state index contributed by atoms with van der Waals surface area (Å²) in [5.74, 6) is -2.68. The second-order valence-electron chi connectivity index (χ2n) is 8.39. The molecule has 0 spiro atoms. The molecule has 6 nitrogen and oxygen atoms in total. The van der Waals surface area contributed by atoms with Crippen molar-refractivity contribution in [1.29, 1.82) is 0 Å². The quantitative estimate of drug-likeness (QED) is 0.695. The van der Waals surface area contributed by atoms with Gasteiger partial charge in [0.1, 0.15) is 6.23 Å². The minimum atomic E-state index is -2.55. The number of hydrogen-bond donors (Lipinski definition) is 2. The molecular formula is C19H32F2N2O4. The van der Waals surface area contributed by atoms with Gasteiger partial charge < -0.3 is 19.9 Å². The molecule has 8 heteroatoms. The number of nitrogens with zero attached hydrogens (tertiary/aromatic N) is 1. The van der Waals surface area contributed by atoms with E-state index >= 15 is 0 Å². The standard InChI is InChI=1S/C19H32F2N2O4/c1-12(26-11-14-5-7-19(20,21)8-6-14)17(22-13(2)24)18(25)23-9-15-3-4-16(10-23)27-15/h12,14-18,25H,3-11H2,1-2H3,(H,22,24). The fraction of sp³-hybridized carbons (Fsp3) is 0.947. The molecule has 1 amide bonds. The Morgan fingerprint density at radius 3 is 2.41 bits per heavy atom. The van der Waals surface area contributed by atoms with Gasteiger partial charge in [0.2, 0.25) is 11.8 Å². The van der Waals surface area contributed by atoms with Gasteiger partial charge in [0.05, 0.1) is 24.4 Å². The lowest BCUT2D eigenvalue weighted by atomic mass is 9.87. The smallest absolute Gasteiger partial charge is 0.248 e. The number of amides is 1. The molecule has 156 valence electrons. The molecule has 1 saturated carbocycles. The van der Waals surface area contributed by atoms with Crippen LogP contribution in [0.2, 0.25) is 0 Å². The molecule has 2 bridgehead atoms. The Hall–Kier alpha value is -0.830. The Morgan fingerprint density at radius 1 is 1.26 bits per heavy atom. The van der Waals surface area contributed by atoms with E-state index in [9.17, 15) is 18.7 Å². The summed E-state index contributed by atoms with van der Waals surface area (Å²) < 4.78 is 38.3. The number of hydrogen-bond acceptors (Lipinski definition) is 5. The fourth-order valence-corrected chi connectivity index (χ4v) is 4.42. The van der Waals surface area contributed by atoms with Crippen LogP contribution in [0.5, 0.6) is 0 Å². The number of carbonyl (C=O) groups excluding carboxylic acids is 1. The molecule has 0 radical (unpaired) electrons. The van der Waals surface area contributed by atoms with Gasteiger partial charge in [-0.25, -0.2) is 8.78 Å². The number of carbonyl (C=O) groups is 1. The van der Waals surface area contributed by atoms with Crippen molar-refractivity contribution in [1.82, 2.24) is 10.2 Å². The van der Waals surface area contributed by atoms with E-state index in [1.165, 1.54) is 6.92 Å². The Balaban J connectivity index is 1.54. The molecule has 0 aromatic rings. The molecular weight excluding hydrogens is 358 g/mol. The van der Waals surface area contributed by atoms with E-state index in [0.717, 1.165) is 12.8 Å². The number of halogens is 2. The monoisotopic (exact) mass is 390 g/mol. The summed E-state index contributed by atoms with van der Waals surface area (Å²) in [5.41, 5.74) is 0. The summed E-state index contributed by atoms with van der Waals surface area (Å²) in [6.45, 7) is 4.87. The van der Waals surface area contributed by atoms with E-state index in [2.05, 4.69) is 5.32 Å². The predicted molar refractivity (Wildman–Crippen MR) is 95.4 cm³/mol. The zero-order valence-corrected chi connectivity index (χ0v) is 16.2. The summed E-state index contributed by atoms with van der Waals surface area (Å²) in [5, 5.41) is 13.7. The van der Waals surface area contributed by atoms with Gasteiger partial charge in [0, 0.05) is 39.5 Å². The van der Waals surface area contributed by atoms with Crippen LogP contribution in [0, 0.1) is 5.92 Å². The van der Waals surface area contributed by atoms with Crippen molar-refractivity contribution in [2.75, 3.05) is 19.7 Å². The van der Waals surface area contributed by atoms with Crippen molar-refractivity contribution < 1.29 is 28.2 Å². The van der Waals surface area contributed by atoms with Crippen molar-refractivity contribution in [3.63, 3.8) is 0 Å². The summed E-state index contributed by atoms with van der Waals surface area (Å²) >= 11 is 0. The van der Waals surface area contributed by atoms with Crippen molar-refractivity contribution in [3.8, 4) is 0 Å². The van der Waals surface area contributed by atoms with Gasteiger partial charge in [-0.3, -0.25) is 9.69 Å². The maximum Gasteiger partial charge on any atom is 0.248 e. The highest BCUT2D eigenvalue weighted by atomic mass is 19.3. The first-order valence-electron chi connectivity index (χ1n) is 10.1. The van der Waals surface area contributed by atoms with Crippen LogP contribution in [0.25, 0.3) is 0 Å². The highest BCUT2D eigenvalue weighted by Crippen LogP contribution is 2.36. The van der Waals surface area contributed by atoms with E-state index in [-0.39, 0.29) is 36.9 Å². The van der Waals surface area contributed by atoms with Crippen molar-refractivity contribution in [2.45, 2.75) is 88.9 Å². The maximum absolute atomic E-state index is 13.3. The first-order valence-corrected chi connectivity index (χ1v) is 10.1. The van der Waals surface area contributed by atoms with Gasteiger partial charge >= 0.3 is 0 Å². The van der Waals surface area contributed by atoms with E-state index < -0.39 is 24.3 Å². The first-order chi connectivity index (χ1) is 12.7. The normalized spacial score (nSPS) is 32.0. The number of alkyl halides is 2. The second kappa shape index (κ2) is 8.68. The third-order valence-electron chi connectivity index (χ3n) is 6.07. The third-order valence-corrected chi connectivity index (χ3v) is 6.07. The molecule has 1 aliphatic carbocycles. The van der Waals surface area contributed by atoms with Gasteiger partial charge in [-0.15, -0.1) is 0 Å². The largest absolute Gasteiger partial charge is 0.376 e. The molecule has 2 N–H and O–H groups in total. The third kappa shape index (κ3) is 5.59. The van der Waals surface area contributed by atoms with Crippen molar-refractivity contribution in [3.05, 3.63) is 0 Å². The zero-order chi connectivity index (χ0) is 19.6. The minimum Gasteiger partial charge on any atom is -0.376 e. The van der Waals surface area contributed by atoms with Gasteiger partial charge in [-0.05, 0) is 38.5 Å². The summed E-state index contributed by atoms with van der Waals surface area (Å²) in [6, 6.07) is -0.579. The molecule has 2 heterocycles. The van der Waals surface area contributed by atoms with E-state index in [1.807, 2.05) is 11.8 Å². The zero-order valence-electron chi connectivity index (χ0n) is 16.2. The van der Waals surface area contributed by atoms with Crippen LogP contribution in [-0.2, 0) is 14.3 Å². The number of likely N-dealkylation sites (tertiary alicyclic amines) is 1. The van der Waals surface area contributed by atoms with Gasteiger partial charge in [-0.2, -0.15) is 0 Å². The lowest BCUT2D eigenvalue weighted by molar-refractivity contribution is -0.141. The van der Waals surface area contributed by atoms with Crippen LogP contribution >= 0.6 is 0 Å². The summed E-state index contributed by atoms with van der Waals surface area (Å²) in [6.07, 6.45) is 1.67. The number of morpholine rings is 1. The number of rotatable bonds is 7. The number of fused-ring (bicyclic) bond motifs is 2. The Labute approximate surface area is 159 Å². The number of aliphatic hydroxyl groups excluding tert-OH is 1. The number of aliphatic hydroxyl groups is 1. The van der Waals surface area contributed by atoms with E-state index in [4.69, 9.17) is 9.47 Å². The molecule has 2 aliphatic heterocycles. The van der Waals surface area contributed by atoms with E-state index in [1.54, 1.807) is 0 Å². The molecule has 5 atom stereocenters. The van der Waals surface area contributed by atoms with Gasteiger partial charge in [-0.1, -0.05) is 0 Å². The van der Waals surface area contributed by atoms with Crippen LogP contribution in [0.3, 0.4) is 0 Å². The van der Waals surface area contributed by atoms with Crippen LogP contribution in [0.15, 0.2) is 0 Å². The fourth-order valence-electron chi connectivity index (χ4n) is 4.42. The highest BCUT2D eigenvalue weighted by molar-refractivity contribution is 5.73. The van der Waals surface area contributed by atoms with Gasteiger partial charge in [0.25, 0.3) is 0 Å². The second-order valence-corrected chi connectivity index (χ2v) is 8.39. The number of ether oxygens (including phenoxy) is 2. The molecule has 5 unspecified atom stereocenters. The Kier molecular flexibility index (Phi) is 6.71. The average molecular weight is 390 g/mol. The SMILES string of the molecule is CC(=O)NC(C(C)OCC1CCC(F)(F)CC1)C(O)N1CC2CCC(C1)O2. The molecule has 3 aliphatic rings. The molecule has 3 fully saturated rings. The molecule has 3 rings (SSSR count).